The van der Waals surface area contributed by atoms with Crippen molar-refractivity contribution < 1.29 is 4.79 Å². The molecule has 0 radical (unpaired) electrons. The number of hydrogen-bond donors (Lipinski definition) is 3. The molecule has 5 aromatic rings. The smallest absolute Gasteiger partial charge is 0.333 e. The van der Waals surface area contributed by atoms with Gasteiger partial charge >= 0.3 is 5.69 Å². The molecular formula is C18H12N6O2S. The second-order valence-electron chi connectivity index (χ2n) is 5.92. The zero-order valence-electron chi connectivity index (χ0n) is 13.8. The lowest BCUT2D eigenvalue weighted by molar-refractivity contribution is 0.0997. The van der Waals surface area contributed by atoms with Gasteiger partial charge in [0.15, 0.2) is 17.2 Å². The number of nitrogens with zero attached hydrogens (tertiary/aromatic N) is 3. The molecule has 4 aromatic heterocycles. The highest BCUT2D eigenvalue weighted by molar-refractivity contribution is 7.12. The third kappa shape index (κ3) is 2.29. The fourth-order valence-corrected chi connectivity index (χ4v) is 3.87. The maximum Gasteiger partial charge on any atom is 0.333 e. The minimum absolute atomic E-state index is 0.0207. The highest BCUT2D eigenvalue weighted by Crippen LogP contribution is 2.28. The summed E-state index contributed by atoms with van der Waals surface area (Å²) in [6.45, 7) is 0. The third-order valence-electron chi connectivity index (χ3n) is 4.33. The quantitative estimate of drug-likeness (QED) is 0.447. The Morgan fingerprint density at radius 1 is 1.15 bits per heavy atom. The number of nitrogens with two attached hydrogens (primary N) is 1. The van der Waals surface area contributed by atoms with Crippen LogP contribution in [0.15, 0.2) is 52.8 Å². The highest BCUT2D eigenvalue weighted by atomic mass is 32.1. The van der Waals surface area contributed by atoms with Gasteiger partial charge in [-0.1, -0.05) is 18.2 Å². The number of hydrogen-bond acceptors (Lipinski definition) is 5. The van der Waals surface area contributed by atoms with Gasteiger partial charge in [-0.05, 0) is 23.6 Å². The third-order valence-corrected chi connectivity index (χ3v) is 5.18. The first-order valence-electron chi connectivity index (χ1n) is 8.06. The predicted molar refractivity (Wildman–Crippen MR) is 103 cm³/mol. The Bertz CT molecular complexity index is 1380. The number of thiophene rings is 1. The van der Waals surface area contributed by atoms with Crippen molar-refractivity contribution in [1.29, 1.82) is 0 Å². The molecule has 0 fully saturated rings. The van der Waals surface area contributed by atoms with E-state index in [9.17, 15) is 9.59 Å². The average molecular weight is 376 g/mol. The van der Waals surface area contributed by atoms with Crippen molar-refractivity contribution in [2.24, 2.45) is 5.73 Å². The molecule has 8 nitrogen and oxygen atoms in total. The molecule has 0 aliphatic carbocycles. The van der Waals surface area contributed by atoms with E-state index < -0.39 is 11.6 Å². The summed E-state index contributed by atoms with van der Waals surface area (Å²) in [5, 5.41) is 3.45. The number of fused-ring (bicyclic) bond motifs is 2. The molecule has 0 saturated carbocycles. The lowest BCUT2D eigenvalue weighted by Crippen LogP contribution is -2.15. The van der Waals surface area contributed by atoms with E-state index in [-0.39, 0.29) is 11.2 Å². The van der Waals surface area contributed by atoms with Gasteiger partial charge in [-0.25, -0.2) is 19.3 Å². The fourth-order valence-electron chi connectivity index (χ4n) is 3.14. The van der Waals surface area contributed by atoms with E-state index in [0.29, 0.717) is 16.5 Å². The topological polar surface area (TPSA) is 122 Å². The molecule has 0 saturated heterocycles. The Balaban J connectivity index is 1.88. The summed E-state index contributed by atoms with van der Waals surface area (Å²) < 4.78 is 1.42. The number of aromatic nitrogens is 5. The number of benzene rings is 1. The first-order valence-corrected chi connectivity index (χ1v) is 8.94. The number of primary amides is 1. The van der Waals surface area contributed by atoms with Crippen LogP contribution in [0.5, 0.6) is 0 Å². The average Bonchev–Trinajstić information content (AvgIpc) is 3.38. The van der Waals surface area contributed by atoms with Crippen LogP contribution in [0.3, 0.4) is 0 Å². The van der Waals surface area contributed by atoms with Crippen molar-refractivity contribution in [3.05, 3.63) is 64.2 Å². The van der Waals surface area contributed by atoms with Gasteiger partial charge in [0, 0.05) is 22.7 Å². The highest BCUT2D eigenvalue weighted by Gasteiger charge is 2.21. The second-order valence-corrected chi connectivity index (χ2v) is 6.85. The van der Waals surface area contributed by atoms with Gasteiger partial charge in [-0.2, -0.15) is 0 Å². The van der Waals surface area contributed by atoms with Crippen LogP contribution < -0.4 is 11.4 Å². The summed E-state index contributed by atoms with van der Waals surface area (Å²) in [5.41, 5.74) is 7.28. The van der Waals surface area contributed by atoms with Crippen LogP contribution in [-0.2, 0) is 0 Å². The Morgan fingerprint density at radius 2 is 2.00 bits per heavy atom. The van der Waals surface area contributed by atoms with Gasteiger partial charge in [0.2, 0.25) is 0 Å². The van der Waals surface area contributed by atoms with E-state index in [1.807, 2.05) is 35.7 Å². The molecule has 0 atom stereocenters. The predicted octanol–water partition coefficient (Wildman–Crippen LogP) is 2.42. The molecule has 0 aliphatic rings. The van der Waals surface area contributed by atoms with Crippen molar-refractivity contribution >= 4 is 39.3 Å². The minimum atomic E-state index is -0.733. The summed E-state index contributed by atoms with van der Waals surface area (Å²) in [5.74, 6) is -0.416. The van der Waals surface area contributed by atoms with Gasteiger partial charge in [0.05, 0.1) is 0 Å². The molecule has 0 unspecified atom stereocenters. The van der Waals surface area contributed by atoms with E-state index in [1.54, 1.807) is 12.3 Å². The van der Waals surface area contributed by atoms with Gasteiger partial charge < -0.3 is 15.7 Å². The molecule has 9 heteroatoms. The van der Waals surface area contributed by atoms with Crippen LogP contribution in [-0.4, -0.2) is 30.4 Å². The Kier molecular flexibility index (Phi) is 3.25. The maximum atomic E-state index is 12.5. The molecule has 4 N–H and O–H groups in total. The largest absolute Gasteiger partial charge is 0.364 e. The van der Waals surface area contributed by atoms with Gasteiger partial charge in [-0.15, -0.1) is 11.3 Å². The lowest BCUT2D eigenvalue weighted by atomic mass is 10.1. The van der Waals surface area contributed by atoms with Crippen molar-refractivity contribution in [2.45, 2.75) is 0 Å². The van der Waals surface area contributed by atoms with Crippen molar-refractivity contribution in [2.75, 3.05) is 0 Å². The van der Waals surface area contributed by atoms with Crippen molar-refractivity contribution in [1.82, 2.24) is 24.5 Å². The first-order chi connectivity index (χ1) is 13.1. The van der Waals surface area contributed by atoms with Crippen LogP contribution >= 0.6 is 11.3 Å². The molecule has 132 valence electrons. The number of rotatable bonds is 3. The summed E-state index contributed by atoms with van der Waals surface area (Å²) in [6, 6.07) is 11.3. The van der Waals surface area contributed by atoms with E-state index in [0.717, 1.165) is 16.5 Å². The molecule has 0 bridgehead atoms. The van der Waals surface area contributed by atoms with Crippen molar-refractivity contribution in [3.63, 3.8) is 0 Å². The monoisotopic (exact) mass is 376 g/mol. The molecular weight excluding hydrogens is 364 g/mol. The van der Waals surface area contributed by atoms with Crippen LogP contribution in [0.4, 0.5) is 0 Å². The van der Waals surface area contributed by atoms with E-state index in [1.165, 1.54) is 15.9 Å². The Labute approximate surface area is 155 Å². The number of amides is 1. The van der Waals surface area contributed by atoms with Gasteiger partial charge in [0.1, 0.15) is 10.5 Å². The number of carbonyl (C=O) groups excluding carboxylic acids is 1. The standard InChI is InChI=1S/C18H12N6O2S/c19-15(25)13-14-17(24(18(26)22-14)12-6-3-7-27-12)23-16(21-13)10-8-20-11-5-2-1-4-9(10)11/h1-8,20H,(H2,19,25)(H,22,26). The second kappa shape index (κ2) is 5.64. The Morgan fingerprint density at radius 3 is 2.78 bits per heavy atom. The Hall–Kier alpha value is -3.72. The SMILES string of the molecule is NC(=O)c1nc(-c2c[nH]c3ccccc23)nc2c1[nH]c(=O)n2-c1cccs1. The van der Waals surface area contributed by atoms with Crippen LogP contribution in [0.25, 0.3) is 38.5 Å². The lowest BCUT2D eigenvalue weighted by Gasteiger charge is -2.04. The van der Waals surface area contributed by atoms with Crippen LogP contribution in [0.1, 0.15) is 10.5 Å². The summed E-state index contributed by atoms with van der Waals surface area (Å²) in [6.07, 6.45) is 1.77. The summed E-state index contributed by atoms with van der Waals surface area (Å²) in [4.78, 5) is 39.3. The molecule has 0 aliphatic heterocycles. The van der Waals surface area contributed by atoms with E-state index in [4.69, 9.17) is 5.73 Å². The van der Waals surface area contributed by atoms with Crippen LogP contribution in [0, 0.1) is 0 Å². The molecule has 27 heavy (non-hydrogen) atoms. The number of para-hydroxylation sites is 1. The number of nitrogens with one attached hydrogen (secondary N) is 2. The normalized spacial score (nSPS) is 11.4. The number of carbonyl (C=O) groups is 1. The van der Waals surface area contributed by atoms with Gasteiger partial charge in [-0.3, -0.25) is 4.79 Å². The zero-order valence-corrected chi connectivity index (χ0v) is 14.6. The number of imidazole rings is 1. The molecule has 5 rings (SSSR count). The number of H-pyrrole nitrogens is 2. The van der Waals surface area contributed by atoms with Crippen LogP contribution in [0.2, 0.25) is 0 Å². The van der Waals surface area contributed by atoms with E-state index >= 15 is 0 Å². The molecule has 1 aromatic carbocycles. The maximum absolute atomic E-state index is 12.5. The summed E-state index contributed by atoms with van der Waals surface area (Å²) in [7, 11) is 0. The zero-order chi connectivity index (χ0) is 18.5. The van der Waals surface area contributed by atoms with Crippen molar-refractivity contribution in [3.8, 4) is 16.4 Å². The molecule has 4 heterocycles. The fraction of sp³-hybridized carbons (Fsp3) is 0. The summed E-state index contributed by atoms with van der Waals surface area (Å²) >= 11 is 1.39. The molecule has 1 amide bonds. The molecule has 0 spiro atoms. The number of aromatic amines is 2. The van der Waals surface area contributed by atoms with Gasteiger partial charge in [0.25, 0.3) is 5.91 Å². The minimum Gasteiger partial charge on any atom is -0.364 e. The van der Waals surface area contributed by atoms with E-state index in [2.05, 4.69) is 19.9 Å². The first kappa shape index (κ1) is 15.5.